The number of aliphatic carboxylic acids is 1. The fraction of sp³-hybridized carbons (Fsp3) is 0.222. The van der Waals surface area contributed by atoms with Crippen molar-refractivity contribution in [3.05, 3.63) is 60.2 Å². The van der Waals surface area contributed by atoms with E-state index in [4.69, 9.17) is 9.84 Å². The fourth-order valence-electron chi connectivity index (χ4n) is 2.35. The van der Waals surface area contributed by atoms with E-state index < -0.39 is 5.97 Å². The van der Waals surface area contributed by atoms with Crippen LogP contribution in [0.25, 0.3) is 0 Å². The van der Waals surface area contributed by atoms with Crippen molar-refractivity contribution in [3.63, 3.8) is 0 Å². The van der Waals surface area contributed by atoms with Crippen LogP contribution < -0.4 is 10.1 Å². The summed E-state index contributed by atoms with van der Waals surface area (Å²) in [6.45, 7) is 0. The van der Waals surface area contributed by atoms with Crippen LogP contribution >= 0.6 is 0 Å². The van der Waals surface area contributed by atoms with Crippen LogP contribution in [0, 0.1) is 0 Å². The van der Waals surface area contributed by atoms with Crippen LogP contribution in [0.3, 0.4) is 0 Å². The Morgan fingerprint density at radius 2 is 1.70 bits per heavy atom. The number of carbonyl (C=O) groups excluding carboxylic acids is 1. The normalized spacial score (nSPS) is 11.5. The molecule has 0 saturated carbocycles. The minimum Gasteiger partial charge on any atom is -0.497 e. The van der Waals surface area contributed by atoms with Gasteiger partial charge in [0.2, 0.25) is 5.91 Å². The van der Waals surface area contributed by atoms with Gasteiger partial charge in [0.15, 0.2) is 0 Å². The maximum atomic E-state index is 12.2. The van der Waals surface area contributed by atoms with Crippen LogP contribution in [0.15, 0.2) is 54.6 Å². The van der Waals surface area contributed by atoms with E-state index >= 15 is 0 Å². The summed E-state index contributed by atoms with van der Waals surface area (Å²) in [6.07, 6.45) is 0.0301. The molecule has 120 valence electrons. The Hall–Kier alpha value is -2.82. The molecular formula is C18H19NO4. The minimum absolute atomic E-state index is 0.0833. The minimum atomic E-state index is -0.920. The topological polar surface area (TPSA) is 75.6 Å². The van der Waals surface area contributed by atoms with E-state index in [2.05, 4.69) is 5.32 Å². The maximum absolute atomic E-state index is 12.2. The Kier molecular flexibility index (Phi) is 5.74. The van der Waals surface area contributed by atoms with Crippen LogP contribution in [0.1, 0.15) is 24.3 Å². The first-order valence-corrected chi connectivity index (χ1v) is 7.29. The zero-order valence-electron chi connectivity index (χ0n) is 12.9. The molecule has 0 radical (unpaired) electrons. The number of rotatable bonds is 7. The highest BCUT2D eigenvalue weighted by Gasteiger charge is 2.19. The lowest BCUT2D eigenvalue weighted by Gasteiger charge is -2.15. The number of carbonyl (C=O) groups is 2. The molecule has 2 aromatic rings. The number of hydrogen-bond donors (Lipinski definition) is 2. The lowest BCUT2D eigenvalue weighted by Crippen LogP contribution is -2.17. The Labute approximate surface area is 134 Å². The standard InChI is InChI=1S/C18H19NO4/c1-23-16-9-7-15(8-10-16)19-17(20)11-14(12-18(21)22)13-5-3-2-4-6-13/h2-10,14H,11-12H2,1H3,(H,19,20)(H,21,22)/t14-/m1/s1. The third kappa shape index (κ3) is 5.14. The number of carboxylic acids is 1. The molecule has 0 heterocycles. The summed E-state index contributed by atoms with van der Waals surface area (Å²) in [6, 6.07) is 16.2. The first kappa shape index (κ1) is 16.5. The van der Waals surface area contributed by atoms with Gasteiger partial charge in [0.05, 0.1) is 13.5 Å². The van der Waals surface area contributed by atoms with Crippen LogP contribution in [0.2, 0.25) is 0 Å². The third-order valence-electron chi connectivity index (χ3n) is 3.50. The van der Waals surface area contributed by atoms with E-state index in [1.165, 1.54) is 0 Å². The van der Waals surface area contributed by atoms with E-state index in [0.29, 0.717) is 11.4 Å². The van der Waals surface area contributed by atoms with Gasteiger partial charge in [0, 0.05) is 18.0 Å². The van der Waals surface area contributed by atoms with E-state index in [1.54, 1.807) is 31.4 Å². The summed E-state index contributed by atoms with van der Waals surface area (Å²) in [5.74, 6) is -0.788. The molecule has 0 saturated heterocycles. The van der Waals surface area contributed by atoms with Crippen LogP contribution in [0.5, 0.6) is 5.75 Å². The number of amides is 1. The van der Waals surface area contributed by atoms with Crippen molar-refractivity contribution in [2.75, 3.05) is 12.4 Å². The quantitative estimate of drug-likeness (QED) is 0.822. The van der Waals surface area contributed by atoms with Gasteiger partial charge in [-0.3, -0.25) is 9.59 Å². The average molecular weight is 313 g/mol. The van der Waals surface area contributed by atoms with Crippen molar-refractivity contribution in [1.29, 1.82) is 0 Å². The van der Waals surface area contributed by atoms with Gasteiger partial charge in [0.25, 0.3) is 0 Å². The second-order valence-corrected chi connectivity index (χ2v) is 5.19. The van der Waals surface area contributed by atoms with E-state index in [-0.39, 0.29) is 24.7 Å². The van der Waals surface area contributed by atoms with Gasteiger partial charge < -0.3 is 15.2 Å². The molecule has 0 aliphatic rings. The number of hydrogen-bond acceptors (Lipinski definition) is 3. The summed E-state index contributed by atoms with van der Waals surface area (Å²) >= 11 is 0. The lowest BCUT2D eigenvalue weighted by atomic mass is 9.92. The third-order valence-corrected chi connectivity index (χ3v) is 3.50. The van der Waals surface area contributed by atoms with Gasteiger partial charge in [-0.2, -0.15) is 0 Å². The Morgan fingerprint density at radius 3 is 2.26 bits per heavy atom. The van der Waals surface area contributed by atoms with Crippen molar-refractivity contribution in [1.82, 2.24) is 0 Å². The number of benzene rings is 2. The molecule has 2 aromatic carbocycles. The van der Waals surface area contributed by atoms with Gasteiger partial charge in [-0.15, -0.1) is 0 Å². The zero-order valence-corrected chi connectivity index (χ0v) is 12.9. The average Bonchev–Trinajstić information content (AvgIpc) is 2.55. The molecule has 0 fully saturated rings. The van der Waals surface area contributed by atoms with Crippen LogP contribution in [0.4, 0.5) is 5.69 Å². The molecule has 5 heteroatoms. The van der Waals surface area contributed by atoms with Gasteiger partial charge in [-0.05, 0) is 29.8 Å². The van der Waals surface area contributed by atoms with Gasteiger partial charge in [-0.1, -0.05) is 30.3 Å². The summed E-state index contributed by atoms with van der Waals surface area (Å²) in [7, 11) is 1.57. The monoisotopic (exact) mass is 313 g/mol. The molecular weight excluding hydrogens is 294 g/mol. The van der Waals surface area contributed by atoms with Gasteiger partial charge in [-0.25, -0.2) is 0 Å². The highest BCUT2D eigenvalue weighted by molar-refractivity contribution is 5.91. The predicted molar refractivity (Wildman–Crippen MR) is 87.7 cm³/mol. The molecule has 0 bridgehead atoms. The van der Waals surface area contributed by atoms with E-state index in [0.717, 1.165) is 5.56 Å². The fourth-order valence-corrected chi connectivity index (χ4v) is 2.35. The number of ether oxygens (including phenoxy) is 1. The molecule has 0 unspecified atom stereocenters. The number of anilines is 1. The molecule has 2 N–H and O–H groups in total. The van der Waals surface area contributed by atoms with Gasteiger partial charge >= 0.3 is 5.97 Å². The Bertz CT molecular complexity index is 652. The largest absolute Gasteiger partial charge is 0.497 e. The summed E-state index contributed by atoms with van der Waals surface area (Å²) in [5, 5.41) is 11.8. The van der Waals surface area contributed by atoms with Crippen molar-refractivity contribution in [2.24, 2.45) is 0 Å². The van der Waals surface area contributed by atoms with E-state index in [9.17, 15) is 9.59 Å². The molecule has 1 atom stereocenters. The second kappa shape index (κ2) is 7.98. The van der Waals surface area contributed by atoms with Crippen molar-refractivity contribution < 1.29 is 19.4 Å². The van der Waals surface area contributed by atoms with Crippen LogP contribution in [-0.4, -0.2) is 24.1 Å². The molecule has 1 amide bonds. The summed E-state index contributed by atoms with van der Waals surface area (Å²) < 4.78 is 5.06. The summed E-state index contributed by atoms with van der Waals surface area (Å²) in [4.78, 5) is 23.2. The molecule has 0 aliphatic heterocycles. The molecule has 23 heavy (non-hydrogen) atoms. The first-order valence-electron chi connectivity index (χ1n) is 7.29. The van der Waals surface area contributed by atoms with E-state index in [1.807, 2.05) is 30.3 Å². The first-order chi connectivity index (χ1) is 11.1. The Balaban J connectivity index is 2.03. The highest BCUT2D eigenvalue weighted by Crippen LogP contribution is 2.24. The molecule has 2 rings (SSSR count). The number of nitrogens with one attached hydrogen (secondary N) is 1. The smallest absolute Gasteiger partial charge is 0.303 e. The second-order valence-electron chi connectivity index (χ2n) is 5.19. The highest BCUT2D eigenvalue weighted by atomic mass is 16.5. The number of carboxylic acid groups (broad SMARTS) is 1. The number of methoxy groups -OCH3 is 1. The maximum Gasteiger partial charge on any atom is 0.303 e. The molecule has 0 aliphatic carbocycles. The lowest BCUT2D eigenvalue weighted by molar-refractivity contribution is -0.137. The summed E-state index contributed by atoms with van der Waals surface area (Å²) in [5.41, 5.74) is 1.50. The van der Waals surface area contributed by atoms with Crippen molar-refractivity contribution >= 4 is 17.6 Å². The van der Waals surface area contributed by atoms with Gasteiger partial charge in [0.1, 0.15) is 5.75 Å². The molecule has 0 aromatic heterocycles. The molecule has 0 spiro atoms. The van der Waals surface area contributed by atoms with Crippen LogP contribution in [-0.2, 0) is 9.59 Å². The van der Waals surface area contributed by atoms with Crippen molar-refractivity contribution in [2.45, 2.75) is 18.8 Å². The predicted octanol–water partition coefficient (Wildman–Crippen LogP) is 3.28. The zero-order chi connectivity index (χ0) is 16.7. The molecule has 5 nitrogen and oxygen atoms in total. The van der Waals surface area contributed by atoms with Crippen molar-refractivity contribution in [3.8, 4) is 5.75 Å². The SMILES string of the molecule is COc1ccc(NC(=O)C[C@H](CC(=O)O)c2ccccc2)cc1. The Morgan fingerprint density at radius 1 is 1.04 bits per heavy atom.